The molecule has 0 aliphatic carbocycles. The summed E-state index contributed by atoms with van der Waals surface area (Å²) in [6, 6.07) is 7.57. The van der Waals surface area contributed by atoms with E-state index in [9.17, 15) is 0 Å². The van der Waals surface area contributed by atoms with E-state index in [-0.39, 0.29) is 5.84 Å². The Kier molecular flexibility index (Phi) is 5.25. The molecule has 1 aromatic carbocycles. The van der Waals surface area contributed by atoms with Gasteiger partial charge in [0.1, 0.15) is 0 Å². The van der Waals surface area contributed by atoms with Crippen LogP contribution in [-0.2, 0) is 0 Å². The highest BCUT2D eigenvalue weighted by atomic mass is 32.2. The van der Waals surface area contributed by atoms with Crippen molar-refractivity contribution in [1.29, 1.82) is 0 Å². The fraction of sp³-hybridized carbons (Fsp3) is 0.154. The van der Waals surface area contributed by atoms with Crippen LogP contribution in [0.3, 0.4) is 0 Å². The van der Waals surface area contributed by atoms with Crippen molar-refractivity contribution in [3.63, 3.8) is 0 Å². The quantitative estimate of drug-likeness (QED) is 0.221. The molecule has 2 rings (SSSR count). The summed E-state index contributed by atoms with van der Waals surface area (Å²) < 4.78 is 0. The van der Waals surface area contributed by atoms with Crippen LogP contribution in [0, 0.1) is 0 Å². The van der Waals surface area contributed by atoms with Crippen LogP contribution in [0.5, 0.6) is 0 Å². The number of amidine groups is 1. The van der Waals surface area contributed by atoms with Crippen LogP contribution < -0.4 is 5.73 Å². The zero-order valence-corrected chi connectivity index (χ0v) is 12.5. The monoisotopic (exact) mass is 306 g/mol. The zero-order chi connectivity index (χ0) is 14.4. The smallest absolute Gasteiger partial charge is 0.192 e. The first kappa shape index (κ1) is 14.7. The lowest BCUT2D eigenvalue weighted by Crippen LogP contribution is -2.15. The molecule has 104 valence electrons. The Bertz CT molecular complexity index is 605. The minimum atomic E-state index is 0.0972. The molecule has 0 spiro atoms. The molecule has 0 amide bonds. The minimum Gasteiger partial charge on any atom is -0.409 e. The lowest BCUT2D eigenvalue weighted by atomic mass is 10.2. The predicted octanol–water partition coefficient (Wildman–Crippen LogP) is 2.83. The number of nitrogens with zero attached hydrogens (tertiary/aromatic N) is 3. The van der Waals surface area contributed by atoms with Crippen molar-refractivity contribution in [2.45, 2.75) is 21.9 Å². The van der Waals surface area contributed by atoms with E-state index in [1.807, 2.05) is 18.2 Å². The molecular weight excluding hydrogens is 292 g/mol. The highest BCUT2D eigenvalue weighted by Gasteiger charge is 2.14. The summed E-state index contributed by atoms with van der Waals surface area (Å²) in [6.07, 6.45) is 3.37. The second-order valence-electron chi connectivity index (χ2n) is 3.68. The van der Waals surface area contributed by atoms with Crippen molar-refractivity contribution < 1.29 is 5.21 Å². The largest absolute Gasteiger partial charge is 0.409 e. The third-order valence-electron chi connectivity index (χ3n) is 2.40. The molecule has 1 heterocycles. The zero-order valence-electron chi connectivity index (χ0n) is 10.9. The van der Waals surface area contributed by atoms with Crippen LogP contribution in [0.25, 0.3) is 0 Å². The lowest BCUT2D eigenvalue weighted by molar-refractivity contribution is 0.318. The van der Waals surface area contributed by atoms with Crippen LogP contribution in [0.1, 0.15) is 12.5 Å². The maximum atomic E-state index is 8.98. The van der Waals surface area contributed by atoms with Gasteiger partial charge in [-0.15, -0.1) is 11.8 Å². The van der Waals surface area contributed by atoms with Crippen molar-refractivity contribution >= 4 is 29.4 Å². The maximum absolute atomic E-state index is 8.98. The van der Waals surface area contributed by atoms with Gasteiger partial charge in [-0.1, -0.05) is 18.1 Å². The summed E-state index contributed by atoms with van der Waals surface area (Å²) in [5, 5.41) is 12.7. The molecule has 1 aromatic heterocycles. The van der Waals surface area contributed by atoms with Gasteiger partial charge in [0.15, 0.2) is 11.0 Å². The minimum absolute atomic E-state index is 0.0972. The van der Waals surface area contributed by atoms with Gasteiger partial charge in [0.2, 0.25) is 0 Å². The fourth-order valence-corrected chi connectivity index (χ4v) is 3.41. The molecular formula is C13H14N4OS2. The van der Waals surface area contributed by atoms with Crippen molar-refractivity contribution in [1.82, 2.24) is 9.97 Å². The van der Waals surface area contributed by atoms with Crippen LogP contribution in [-0.4, -0.2) is 26.8 Å². The Hall–Kier alpha value is -1.73. The first-order valence-electron chi connectivity index (χ1n) is 5.94. The van der Waals surface area contributed by atoms with Gasteiger partial charge < -0.3 is 10.9 Å². The number of benzene rings is 1. The van der Waals surface area contributed by atoms with E-state index in [4.69, 9.17) is 10.9 Å². The second kappa shape index (κ2) is 7.16. The van der Waals surface area contributed by atoms with Crippen molar-refractivity contribution in [2.75, 3.05) is 5.75 Å². The van der Waals surface area contributed by atoms with Gasteiger partial charge in [0, 0.05) is 27.7 Å². The molecule has 0 unspecified atom stereocenters. The van der Waals surface area contributed by atoms with Crippen molar-refractivity contribution in [3.05, 3.63) is 42.2 Å². The Balaban J connectivity index is 2.44. The summed E-state index contributed by atoms with van der Waals surface area (Å²) in [6.45, 7) is 2.06. The van der Waals surface area contributed by atoms with Gasteiger partial charge in [-0.25, -0.2) is 9.97 Å². The Morgan fingerprint density at radius 1 is 1.25 bits per heavy atom. The number of oxime groups is 1. The summed E-state index contributed by atoms with van der Waals surface area (Å²) >= 11 is 3.03. The van der Waals surface area contributed by atoms with E-state index in [0.29, 0.717) is 5.16 Å². The molecule has 0 atom stereocenters. The molecule has 0 saturated carbocycles. The SMILES string of the molecule is CCSc1cccc(Sc2ncccn2)c1/C(N)=N/O. The van der Waals surface area contributed by atoms with Crippen molar-refractivity contribution in [2.24, 2.45) is 10.9 Å². The fourth-order valence-electron chi connectivity index (χ4n) is 1.61. The van der Waals surface area contributed by atoms with Gasteiger partial charge in [-0.05, 0) is 35.7 Å². The summed E-state index contributed by atoms with van der Waals surface area (Å²) in [5.41, 5.74) is 6.53. The van der Waals surface area contributed by atoms with E-state index in [2.05, 4.69) is 22.0 Å². The number of nitrogens with two attached hydrogens (primary N) is 1. The van der Waals surface area contributed by atoms with Gasteiger partial charge >= 0.3 is 0 Å². The third kappa shape index (κ3) is 3.43. The van der Waals surface area contributed by atoms with E-state index in [1.54, 1.807) is 30.2 Å². The summed E-state index contributed by atoms with van der Waals surface area (Å²) in [4.78, 5) is 10.2. The highest BCUT2D eigenvalue weighted by molar-refractivity contribution is 8.00. The molecule has 0 radical (unpaired) electrons. The van der Waals surface area contributed by atoms with Gasteiger partial charge in [0.25, 0.3) is 0 Å². The van der Waals surface area contributed by atoms with Crippen LogP contribution in [0.2, 0.25) is 0 Å². The Morgan fingerprint density at radius 3 is 2.60 bits per heavy atom. The van der Waals surface area contributed by atoms with Crippen molar-refractivity contribution in [3.8, 4) is 0 Å². The molecule has 0 bridgehead atoms. The molecule has 3 N–H and O–H groups in total. The third-order valence-corrected chi connectivity index (χ3v) is 4.29. The average Bonchev–Trinajstić information content (AvgIpc) is 2.48. The van der Waals surface area contributed by atoms with Crippen LogP contribution >= 0.6 is 23.5 Å². The summed E-state index contributed by atoms with van der Waals surface area (Å²) in [5.74, 6) is 1.00. The molecule has 0 aliphatic heterocycles. The number of hydrogen-bond donors (Lipinski definition) is 2. The molecule has 0 saturated heterocycles. The molecule has 0 fully saturated rings. The maximum Gasteiger partial charge on any atom is 0.192 e. The van der Waals surface area contributed by atoms with E-state index < -0.39 is 0 Å². The predicted molar refractivity (Wildman–Crippen MR) is 81.5 cm³/mol. The summed E-state index contributed by atoms with van der Waals surface area (Å²) in [7, 11) is 0. The topological polar surface area (TPSA) is 84.4 Å². The number of thioether (sulfide) groups is 1. The van der Waals surface area contributed by atoms with Crippen LogP contribution in [0.15, 0.2) is 56.8 Å². The first-order valence-corrected chi connectivity index (χ1v) is 7.75. The first-order chi connectivity index (χ1) is 9.76. The van der Waals surface area contributed by atoms with E-state index in [1.165, 1.54) is 11.8 Å². The number of rotatable bonds is 5. The molecule has 7 heteroatoms. The van der Waals surface area contributed by atoms with Gasteiger partial charge in [-0.2, -0.15) is 0 Å². The molecule has 5 nitrogen and oxygen atoms in total. The molecule has 0 aliphatic rings. The normalized spacial score (nSPS) is 11.6. The van der Waals surface area contributed by atoms with Gasteiger partial charge in [0.05, 0.1) is 0 Å². The lowest BCUT2D eigenvalue weighted by Gasteiger charge is -2.11. The molecule has 2 aromatic rings. The van der Waals surface area contributed by atoms with E-state index in [0.717, 1.165) is 21.1 Å². The van der Waals surface area contributed by atoms with Crippen LogP contribution in [0.4, 0.5) is 0 Å². The highest BCUT2D eigenvalue weighted by Crippen LogP contribution is 2.33. The molecule has 20 heavy (non-hydrogen) atoms. The number of aromatic nitrogens is 2. The second-order valence-corrected chi connectivity index (χ2v) is 6.00. The standard InChI is InChI=1S/C13H14N4OS2/c1-2-19-9-5-3-6-10(11(9)12(14)17-18)20-13-15-7-4-8-16-13/h3-8,18H,2H2,1H3,(H2,14,17). The van der Waals surface area contributed by atoms with E-state index >= 15 is 0 Å². The average molecular weight is 306 g/mol. The Labute approximate surface area is 125 Å². The Morgan fingerprint density at radius 2 is 1.95 bits per heavy atom. The van der Waals surface area contributed by atoms with Gasteiger partial charge in [-0.3, -0.25) is 0 Å². The number of hydrogen-bond acceptors (Lipinski definition) is 6.